The summed E-state index contributed by atoms with van der Waals surface area (Å²) >= 11 is 0. The Morgan fingerprint density at radius 2 is 2.21 bits per heavy atom. The first-order valence-electron chi connectivity index (χ1n) is 6.82. The summed E-state index contributed by atoms with van der Waals surface area (Å²) < 4.78 is 11.2. The molecule has 2 aromatic rings. The molecule has 0 spiro atoms. The molecule has 3 rings (SSSR count). The average molecular weight is 258 g/mol. The lowest BCUT2D eigenvalue weighted by Crippen LogP contribution is -2.21. The number of rotatable bonds is 3. The molecule has 0 bridgehead atoms. The monoisotopic (exact) mass is 258 g/mol. The Labute approximate surface area is 112 Å². The van der Waals surface area contributed by atoms with Gasteiger partial charge in [0, 0.05) is 19.1 Å². The first-order chi connectivity index (χ1) is 9.31. The topological polar surface area (TPSA) is 48.2 Å². The Morgan fingerprint density at radius 3 is 2.95 bits per heavy atom. The number of ether oxygens (including phenoxy) is 1. The van der Waals surface area contributed by atoms with Crippen LogP contribution in [-0.2, 0) is 11.2 Å². The number of aryl methyl sites for hydroxylation is 1. The number of hydrogen-bond donors (Lipinski definition) is 0. The van der Waals surface area contributed by atoms with E-state index in [0.717, 1.165) is 25.0 Å². The lowest BCUT2D eigenvalue weighted by Gasteiger charge is -2.22. The summed E-state index contributed by atoms with van der Waals surface area (Å²) in [6, 6.07) is 8.28. The summed E-state index contributed by atoms with van der Waals surface area (Å²) in [5, 5.41) is 7.92. The third-order valence-electron chi connectivity index (χ3n) is 3.44. The van der Waals surface area contributed by atoms with Gasteiger partial charge in [0.05, 0.1) is 6.10 Å². The van der Waals surface area contributed by atoms with Crippen molar-refractivity contribution in [1.82, 2.24) is 10.2 Å². The van der Waals surface area contributed by atoms with Gasteiger partial charge in [-0.05, 0) is 43.4 Å². The first-order valence-corrected chi connectivity index (χ1v) is 6.82. The van der Waals surface area contributed by atoms with Gasteiger partial charge in [-0.1, -0.05) is 12.1 Å². The van der Waals surface area contributed by atoms with E-state index in [9.17, 15) is 0 Å². The predicted molar refractivity (Wildman–Crippen MR) is 71.8 cm³/mol. The van der Waals surface area contributed by atoms with Gasteiger partial charge in [0.15, 0.2) is 0 Å². The molecule has 1 aliphatic rings. The van der Waals surface area contributed by atoms with Crippen molar-refractivity contribution < 1.29 is 9.15 Å². The van der Waals surface area contributed by atoms with Crippen LogP contribution in [0.1, 0.15) is 30.7 Å². The molecule has 0 amide bonds. The highest BCUT2D eigenvalue weighted by Gasteiger charge is 2.15. The maximum Gasteiger partial charge on any atom is 0.247 e. The second kappa shape index (κ2) is 5.53. The van der Waals surface area contributed by atoms with E-state index in [1.54, 1.807) is 6.92 Å². The van der Waals surface area contributed by atoms with E-state index >= 15 is 0 Å². The van der Waals surface area contributed by atoms with Crippen LogP contribution in [0.5, 0.6) is 0 Å². The SMILES string of the molecule is Cc1nnc(-c2cccc(C[C@@H]3CCCCO3)c2)o1. The highest BCUT2D eigenvalue weighted by Crippen LogP contribution is 2.22. The minimum absolute atomic E-state index is 0.355. The van der Waals surface area contributed by atoms with Crippen LogP contribution in [-0.4, -0.2) is 22.9 Å². The first kappa shape index (κ1) is 12.4. The zero-order valence-corrected chi connectivity index (χ0v) is 11.1. The van der Waals surface area contributed by atoms with Crippen molar-refractivity contribution >= 4 is 0 Å². The molecule has 4 heteroatoms. The number of nitrogens with zero attached hydrogens (tertiary/aromatic N) is 2. The van der Waals surface area contributed by atoms with Crippen molar-refractivity contribution in [1.29, 1.82) is 0 Å². The lowest BCUT2D eigenvalue weighted by molar-refractivity contribution is 0.0168. The third kappa shape index (κ3) is 3.01. The Bertz CT molecular complexity index is 545. The van der Waals surface area contributed by atoms with E-state index < -0.39 is 0 Å². The molecule has 1 atom stereocenters. The molecule has 19 heavy (non-hydrogen) atoms. The Kier molecular flexibility index (Phi) is 3.60. The van der Waals surface area contributed by atoms with E-state index in [4.69, 9.17) is 9.15 Å². The summed E-state index contributed by atoms with van der Waals surface area (Å²) in [4.78, 5) is 0. The molecule has 0 saturated carbocycles. The van der Waals surface area contributed by atoms with Crippen molar-refractivity contribution in [2.75, 3.05) is 6.61 Å². The molecule has 1 saturated heterocycles. The van der Waals surface area contributed by atoms with Gasteiger partial charge >= 0.3 is 0 Å². The van der Waals surface area contributed by atoms with Gasteiger partial charge in [0.25, 0.3) is 0 Å². The van der Waals surface area contributed by atoms with Crippen LogP contribution in [0.25, 0.3) is 11.5 Å². The molecular weight excluding hydrogens is 240 g/mol. The van der Waals surface area contributed by atoms with Gasteiger partial charge in [0.1, 0.15) is 0 Å². The summed E-state index contributed by atoms with van der Waals surface area (Å²) in [6.45, 7) is 2.70. The van der Waals surface area contributed by atoms with Gasteiger partial charge in [-0.2, -0.15) is 0 Å². The molecule has 1 aromatic carbocycles. The van der Waals surface area contributed by atoms with E-state index in [1.165, 1.54) is 18.4 Å². The number of aromatic nitrogens is 2. The van der Waals surface area contributed by atoms with Crippen molar-refractivity contribution in [3.8, 4) is 11.5 Å². The van der Waals surface area contributed by atoms with Gasteiger partial charge < -0.3 is 9.15 Å². The largest absolute Gasteiger partial charge is 0.421 e. The average Bonchev–Trinajstić information content (AvgIpc) is 2.87. The van der Waals surface area contributed by atoms with Crippen molar-refractivity contribution in [3.05, 3.63) is 35.7 Å². The van der Waals surface area contributed by atoms with Crippen LogP contribution in [0.3, 0.4) is 0 Å². The summed E-state index contributed by atoms with van der Waals surface area (Å²) in [5.74, 6) is 1.18. The standard InChI is InChI=1S/C15H18N2O2/c1-11-16-17-15(19-11)13-6-4-5-12(9-13)10-14-7-2-3-8-18-14/h4-6,9,14H,2-3,7-8,10H2,1H3/t14-/m0/s1. The van der Waals surface area contributed by atoms with Crippen LogP contribution in [0.2, 0.25) is 0 Å². The van der Waals surface area contributed by atoms with Gasteiger partial charge in [0.2, 0.25) is 11.8 Å². The van der Waals surface area contributed by atoms with Gasteiger partial charge in [-0.15, -0.1) is 10.2 Å². The van der Waals surface area contributed by atoms with Crippen LogP contribution >= 0.6 is 0 Å². The molecule has 1 aromatic heterocycles. The quantitative estimate of drug-likeness (QED) is 0.848. The van der Waals surface area contributed by atoms with Gasteiger partial charge in [-0.3, -0.25) is 0 Å². The molecule has 0 radical (unpaired) electrons. The maximum absolute atomic E-state index is 5.78. The molecule has 0 N–H and O–H groups in total. The van der Waals surface area contributed by atoms with Crippen molar-refractivity contribution in [3.63, 3.8) is 0 Å². The van der Waals surface area contributed by atoms with Crippen LogP contribution < -0.4 is 0 Å². The molecular formula is C15H18N2O2. The fraction of sp³-hybridized carbons (Fsp3) is 0.467. The molecule has 1 aliphatic heterocycles. The Morgan fingerprint density at radius 1 is 1.26 bits per heavy atom. The zero-order chi connectivity index (χ0) is 13.1. The molecule has 2 heterocycles. The smallest absolute Gasteiger partial charge is 0.247 e. The maximum atomic E-state index is 5.78. The number of hydrogen-bond acceptors (Lipinski definition) is 4. The number of benzene rings is 1. The Hall–Kier alpha value is -1.68. The van der Waals surface area contributed by atoms with Gasteiger partial charge in [-0.25, -0.2) is 0 Å². The highest BCUT2D eigenvalue weighted by molar-refractivity contribution is 5.53. The summed E-state index contributed by atoms with van der Waals surface area (Å²) in [6.07, 6.45) is 4.93. The molecule has 0 aliphatic carbocycles. The highest BCUT2D eigenvalue weighted by atomic mass is 16.5. The van der Waals surface area contributed by atoms with Crippen LogP contribution in [0.15, 0.2) is 28.7 Å². The normalized spacial score (nSPS) is 19.5. The van der Waals surface area contributed by atoms with E-state index in [-0.39, 0.29) is 0 Å². The predicted octanol–water partition coefficient (Wildman–Crippen LogP) is 3.16. The zero-order valence-electron chi connectivity index (χ0n) is 11.1. The minimum atomic E-state index is 0.355. The van der Waals surface area contributed by atoms with Crippen molar-refractivity contribution in [2.24, 2.45) is 0 Å². The van der Waals surface area contributed by atoms with E-state index in [0.29, 0.717) is 17.9 Å². The summed E-state index contributed by atoms with van der Waals surface area (Å²) in [7, 11) is 0. The van der Waals surface area contributed by atoms with Crippen LogP contribution in [0.4, 0.5) is 0 Å². The summed E-state index contributed by atoms with van der Waals surface area (Å²) in [5.41, 5.74) is 2.24. The van der Waals surface area contributed by atoms with E-state index in [2.05, 4.69) is 22.3 Å². The fourth-order valence-corrected chi connectivity index (χ4v) is 2.48. The second-order valence-electron chi connectivity index (χ2n) is 5.02. The third-order valence-corrected chi connectivity index (χ3v) is 3.44. The molecule has 100 valence electrons. The lowest BCUT2D eigenvalue weighted by atomic mass is 10.00. The molecule has 4 nitrogen and oxygen atoms in total. The fourth-order valence-electron chi connectivity index (χ4n) is 2.48. The van der Waals surface area contributed by atoms with Crippen molar-refractivity contribution in [2.45, 2.75) is 38.7 Å². The molecule has 1 fully saturated rings. The minimum Gasteiger partial charge on any atom is -0.421 e. The Balaban J connectivity index is 1.75. The second-order valence-corrected chi connectivity index (χ2v) is 5.02. The van der Waals surface area contributed by atoms with E-state index in [1.807, 2.05) is 12.1 Å². The molecule has 0 unspecified atom stereocenters. The van der Waals surface area contributed by atoms with Crippen LogP contribution in [0, 0.1) is 6.92 Å².